The number of rotatable bonds is 4. The molecule has 4 nitrogen and oxygen atoms in total. The number of benzene rings is 2. The number of H-pyrrole nitrogens is 1. The van der Waals surface area contributed by atoms with Crippen LogP contribution in [0.5, 0.6) is 0 Å². The van der Waals surface area contributed by atoms with Gasteiger partial charge in [-0.1, -0.05) is 31.4 Å². The Hall–Kier alpha value is -2.41. The average Bonchev–Trinajstić information content (AvgIpc) is 3.04. The number of sulfonamides is 1. The molecular formula is C20H20F2N2O2S. The van der Waals surface area contributed by atoms with E-state index in [1.807, 2.05) is 12.1 Å². The summed E-state index contributed by atoms with van der Waals surface area (Å²) in [5.41, 5.74) is 1.66. The molecule has 1 saturated carbocycles. The highest BCUT2D eigenvalue weighted by molar-refractivity contribution is 7.92. The number of hydrogen-bond donors (Lipinski definition) is 2. The lowest BCUT2D eigenvalue weighted by atomic mass is 9.84. The number of aromatic nitrogens is 1. The second-order valence-corrected chi connectivity index (χ2v) is 8.71. The number of nitrogens with one attached hydrogen (secondary N) is 2. The van der Waals surface area contributed by atoms with Crippen LogP contribution in [0.3, 0.4) is 0 Å². The molecule has 0 radical (unpaired) electrons. The Morgan fingerprint density at radius 3 is 2.33 bits per heavy atom. The van der Waals surface area contributed by atoms with Gasteiger partial charge in [-0.05, 0) is 42.5 Å². The van der Waals surface area contributed by atoms with Crippen molar-refractivity contribution in [2.75, 3.05) is 4.72 Å². The van der Waals surface area contributed by atoms with Crippen molar-refractivity contribution in [1.82, 2.24) is 4.98 Å². The highest BCUT2D eigenvalue weighted by Gasteiger charge is 2.20. The third-order valence-electron chi connectivity index (χ3n) is 5.23. The predicted molar refractivity (Wildman–Crippen MR) is 101 cm³/mol. The number of halogens is 2. The van der Waals surface area contributed by atoms with Gasteiger partial charge in [0, 0.05) is 17.6 Å². The van der Waals surface area contributed by atoms with E-state index in [1.165, 1.54) is 31.0 Å². The van der Waals surface area contributed by atoms with Crippen LogP contribution in [0.25, 0.3) is 10.9 Å². The van der Waals surface area contributed by atoms with E-state index in [-0.39, 0.29) is 16.0 Å². The van der Waals surface area contributed by atoms with Crippen molar-refractivity contribution in [2.24, 2.45) is 0 Å². The molecule has 3 aromatic rings. The number of hydrogen-bond acceptors (Lipinski definition) is 2. The van der Waals surface area contributed by atoms with Crippen LogP contribution in [-0.4, -0.2) is 13.4 Å². The largest absolute Gasteiger partial charge is 0.359 e. The molecule has 2 N–H and O–H groups in total. The topological polar surface area (TPSA) is 62.0 Å². The van der Waals surface area contributed by atoms with Gasteiger partial charge in [0.2, 0.25) is 0 Å². The standard InChI is InChI=1S/C20H20F2N2O2S/c21-17-10-16-19(11-18(17)22)23-12-20(16)24-27(25,26)15-8-6-14(7-9-15)13-4-2-1-3-5-13/h6-13,23-24H,1-5H2. The van der Waals surface area contributed by atoms with E-state index >= 15 is 0 Å². The molecular weight excluding hydrogens is 370 g/mol. The van der Waals surface area contributed by atoms with E-state index in [0.29, 0.717) is 11.4 Å². The first-order chi connectivity index (χ1) is 12.9. The molecule has 4 rings (SSSR count). The van der Waals surface area contributed by atoms with Gasteiger partial charge < -0.3 is 4.98 Å². The van der Waals surface area contributed by atoms with Gasteiger partial charge in [-0.15, -0.1) is 0 Å². The number of aromatic amines is 1. The third-order valence-corrected chi connectivity index (χ3v) is 6.62. The summed E-state index contributed by atoms with van der Waals surface area (Å²) in [6.07, 6.45) is 7.36. The van der Waals surface area contributed by atoms with Crippen molar-refractivity contribution in [2.45, 2.75) is 42.9 Å². The van der Waals surface area contributed by atoms with Crippen LogP contribution in [0.1, 0.15) is 43.6 Å². The van der Waals surface area contributed by atoms with Gasteiger partial charge >= 0.3 is 0 Å². The van der Waals surface area contributed by atoms with E-state index < -0.39 is 21.7 Å². The smallest absolute Gasteiger partial charge is 0.261 e. The molecule has 0 atom stereocenters. The van der Waals surface area contributed by atoms with Gasteiger partial charge in [0.1, 0.15) is 0 Å². The maximum Gasteiger partial charge on any atom is 0.261 e. The van der Waals surface area contributed by atoms with Gasteiger partial charge in [0.25, 0.3) is 10.0 Å². The summed E-state index contributed by atoms with van der Waals surface area (Å²) < 4.78 is 54.7. The van der Waals surface area contributed by atoms with Gasteiger partial charge in [-0.3, -0.25) is 4.72 Å². The third kappa shape index (κ3) is 3.56. The second kappa shape index (κ2) is 6.96. The second-order valence-electron chi connectivity index (χ2n) is 7.02. The number of anilines is 1. The molecule has 0 saturated heterocycles. The highest BCUT2D eigenvalue weighted by Crippen LogP contribution is 2.33. The monoisotopic (exact) mass is 390 g/mol. The molecule has 142 valence electrons. The first-order valence-electron chi connectivity index (χ1n) is 9.03. The Bertz CT molecular complexity index is 1070. The zero-order chi connectivity index (χ0) is 19.0. The predicted octanol–water partition coefficient (Wildman–Crippen LogP) is 5.29. The molecule has 1 aromatic heterocycles. The minimum Gasteiger partial charge on any atom is -0.359 e. The van der Waals surface area contributed by atoms with E-state index in [0.717, 1.165) is 25.0 Å². The fourth-order valence-electron chi connectivity index (χ4n) is 3.76. The van der Waals surface area contributed by atoms with E-state index in [2.05, 4.69) is 9.71 Å². The van der Waals surface area contributed by atoms with E-state index in [4.69, 9.17) is 0 Å². The summed E-state index contributed by atoms with van der Waals surface area (Å²) in [5, 5.41) is 0.274. The fourth-order valence-corrected chi connectivity index (χ4v) is 4.83. The molecule has 0 spiro atoms. The van der Waals surface area contributed by atoms with Gasteiger partial charge in [-0.25, -0.2) is 17.2 Å². The molecule has 27 heavy (non-hydrogen) atoms. The van der Waals surface area contributed by atoms with Crippen molar-refractivity contribution in [3.8, 4) is 0 Å². The molecule has 0 aliphatic heterocycles. The first-order valence-corrected chi connectivity index (χ1v) is 10.5. The molecule has 7 heteroatoms. The first kappa shape index (κ1) is 18.0. The SMILES string of the molecule is O=S(=O)(Nc1c[nH]c2cc(F)c(F)cc12)c1ccc(C2CCCCC2)cc1. The van der Waals surface area contributed by atoms with Crippen LogP contribution < -0.4 is 4.72 Å². The maximum absolute atomic E-state index is 13.5. The summed E-state index contributed by atoms with van der Waals surface area (Å²) in [5.74, 6) is -1.52. The Morgan fingerprint density at radius 1 is 0.963 bits per heavy atom. The fraction of sp³-hybridized carbons (Fsp3) is 0.300. The van der Waals surface area contributed by atoms with Crippen molar-refractivity contribution in [3.05, 3.63) is 59.8 Å². The molecule has 0 amide bonds. The van der Waals surface area contributed by atoms with E-state index in [1.54, 1.807) is 12.1 Å². The minimum atomic E-state index is -3.83. The Morgan fingerprint density at radius 2 is 1.63 bits per heavy atom. The summed E-state index contributed by atoms with van der Waals surface area (Å²) in [6, 6.07) is 8.92. The van der Waals surface area contributed by atoms with Crippen molar-refractivity contribution >= 4 is 26.6 Å². The summed E-state index contributed by atoms with van der Waals surface area (Å²) in [4.78, 5) is 2.89. The van der Waals surface area contributed by atoms with Crippen LogP contribution in [0.2, 0.25) is 0 Å². The lowest BCUT2D eigenvalue weighted by molar-refractivity contribution is 0.443. The molecule has 2 aromatic carbocycles. The average molecular weight is 390 g/mol. The lowest BCUT2D eigenvalue weighted by Gasteiger charge is -2.22. The van der Waals surface area contributed by atoms with E-state index in [9.17, 15) is 17.2 Å². The Labute approximate surface area is 156 Å². The summed E-state index contributed by atoms with van der Waals surface area (Å²) in [6.45, 7) is 0. The quantitative estimate of drug-likeness (QED) is 0.635. The molecule has 1 fully saturated rings. The summed E-state index contributed by atoms with van der Waals surface area (Å²) in [7, 11) is -3.83. The Balaban J connectivity index is 1.59. The summed E-state index contributed by atoms with van der Waals surface area (Å²) >= 11 is 0. The molecule has 1 aliphatic rings. The zero-order valence-corrected chi connectivity index (χ0v) is 15.5. The maximum atomic E-state index is 13.5. The molecule has 1 heterocycles. The van der Waals surface area contributed by atoms with Crippen LogP contribution >= 0.6 is 0 Å². The molecule has 0 bridgehead atoms. The molecule has 1 aliphatic carbocycles. The normalized spacial score (nSPS) is 15.9. The zero-order valence-electron chi connectivity index (χ0n) is 14.6. The lowest BCUT2D eigenvalue weighted by Crippen LogP contribution is -2.13. The minimum absolute atomic E-state index is 0.138. The number of fused-ring (bicyclic) bond motifs is 1. The van der Waals surface area contributed by atoms with Crippen LogP contribution in [0.4, 0.5) is 14.5 Å². The van der Waals surface area contributed by atoms with Crippen molar-refractivity contribution < 1.29 is 17.2 Å². The molecule has 0 unspecified atom stereocenters. The van der Waals surface area contributed by atoms with Gasteiger partial charge in [0.05, 0.1) is 16.1 Å². The van der Waals surface area contributed by atoms with Crippen molar-refractivity contribution in [3.63, 3.8) is 0 Å². The van der Waals surface area contributed by atoms with Gasteiger partial charge in [-0.2, -0.15) is 0 Å². The van der Waals surface area contributed by atoms with Crippen molar-refractivity contribution in [1.29, 1.82) is 0 Å². The van der Waals surface area contributed by atoms with Crippen LogP contribution in [0.15, 0.2) is 47.5 Å². The van der Waals surface area contributed by atoms with Crippen LogP contribution in [0, 0.1) is 11.6 Å². The van der Waals surface area contributed by atoms with Crippen LogP contribution in [-0.2, 0) is 10.0 Å². The Kier molecular flexibility index (Phi) is 4.63. The highest BCUT2D eigenvalue weighted by atomic mass is 32.2. The van der Waals surface area contributed by atoms with Gasteiger partial charge in [0.15, 0.2) is 11.6 Å².